The Morgan fingerprint density at radius 3 is 2.11 bits per heavy atom. The minimum atomic E-state index is -6.09. The molecule has 0 amide bonds. The van der Waals surface area contributed by atoms with Gasteiger partial charge in [0.15, 0.2) is 10.1 Å². The van der Waals surface area contributed by atoms with Gasteiger partial charge in [-0.25, -0.2) is 13.0 Å². The molecule has 0 radical (unpaired) electrons. The summed E-state index contributed by atoms with van der Waals surface area (Å²) in [6, 6.07) is 2.18. The van der Waals surface area contributed by atoms with Crippen LogP contribution in [0.5, 0.6) is 0 Å². The van der Waals surface area contributed by atoms with E-state index in [1.807, 2.05) is 16.9 Å². The van der Waals surface area contributed by atoms with Crippen LogP contribution in [0.15, 0.2) is 37.2 Å². The van der Waals surface area contributed by atoms with Gasteiger partial charge >= 0.3 is 15.7 Å². The fraction of sp³-hybridized carbons (Fsp3) is 0.538. The average Bonchev–Trinajstić information content (AvgIpc) is 3.25. The first-order chi connectivity index (χ1) is 12.8. The number of alkyl halides is 3. The number of rotatable bonds is 3. The van der Waals surface area contributed by atoms with Crippen LogP contribution in [0, 0.1) is 0 Å². The van der Waals surface area contributed by atoms with Gasteiger partial charge in [-0.05, 0) is 18.9 Å². The van der Waals surface area contributed by atoms with Crippen LogP contribution in [0.1, 0.15) is 18.9 Å². The van der Waals surface area contributed by atoms with Crippen LogP contribution in [-0.4, -0.2) is 58.0 Å². The van der Waals surface area contributed by atoms with E-state index in [0.717, 1.165) is 12.8 Å². The van der Waals surface area contributed by atoms with Crippen molar-refractivity contribution >= 4 is 20.3 Å². The maximum atomic E-state index is 12.4. The zero-order chi connectivity index (χ0) is 21.2. The second-order valence-corrected chi connectivity index (χ2v) is 9.14. The fourth-order valence-corrected chi connectivity index (χ4v) is 3.95. The van der Waals surface area contributed by atoms with Crippen molar-refractivity contribution in [2.45, 2.75) is 24.4 Å². The van der Waals surface area contributed by atoms with Crippen molar-refractivity contribution in [1.82, 2.24) is 18.1 Å². The number of hydrogen-bond donors (Lipinski definition) is 0. The molecule has 0 N–H and O–H groups in total. The second-order valence-electron chi connectivity index (χ2n) is 5.93. The number of imidazole rings is 1. The molecule has 15 heteroatoms. The van der Waals surface area contributed by atoms with Crippen LogP contribution in [-0.2, 0) is 27.4 Å². The van der Waals surface area contributed by atoms with E-state index in [1.165, 1.54) is 8.28 Å². The van der Waals surface area contributed by atoms with Gasteiger partial charge in [0.25, 0.3) is 6.33 Å². The summed E-state index contributed by atoms with van der Waals surface area (Å²) in [5.41, 5.74) is -5.65. The molecule has 0 atom stereocenters. The molecule has 1 fully saturated rings. The molecule has 0 aromatic carbocycles. The van der Waals surface area contributed by atoms with Gasteiger partial charge in [-0.3, -0.25) is 4.68 Å². The summed E-state index contributed by atoms with van der Waals surface area (Å²) in [4.78, 5) is 0. The second kappa shape index (κ2) is 8.18. The molecule has 3 heterocycles. The Labute approximate surface area is 159 Å². The zero-order valence-electron chi connectivity index (χ0n) is 14.6. The van der Waals surface area contributed by atoms with Gasteiger partial charge in [0.2, 0.25) is 0 Å². The first kappa shape index (κ1) is 22.3. The van der Waals surface area contributed by atoms with Crippen molar-refractivity contribution in [3.8, 4) is 0 Å². The summed E-state index contributed by atoms with van der Waals surface area (Å²) < 4.78 is 90.2. The molecule has 1 aliphatic rings. The summed E-state index contributed by atoms with van der Waals surface area (Å²) in [6.45, 7) is 1.05. The standard InChI is InChI=1S/C12H18N5O2S.CHF3O3S/c1-14-9-10-16(11-14)20(18,19)15-7-3-12(4-8-15)17-6-2-5-13-17;2-1(3,4)8(5,6)7/h2,5-6,9-12H,3-4,7-8H2,1H3;(H,5,6,7)/q+1;/p-1. The third-order valence-corrected chi connectivity index (χ3v) is 6.28. The van der Waals surface area contributed by atoms with Gasteiger partial charge in [-0.2, -0.15) is 31.0 Å². The maximum absolute atomic E-state index is 12.4. The minimum Gasteiger partial charge on any atom is -0.741 e. The topological polar surface area (TPSA) is 121 Å². The molecule has 0 saturated carbocycles. The van der Waals surface area contributed by atoms with E-state index in [9.17, 15) is 21.6 Å². The molecule has 10 nitrogen and oxygen atoms in total. The van der Waals surface area contributed by atoms with Crippen LogP contribution < -0.4 is 4.57 Å². The molecule has 3 rings (SSSR count). The summed E-state index contributed by atoms with van der Waals surface area (Å²) in [5, 5.41) is 4.23. The van der Waals surface area contributed by atoms with Crippen molar-refractivity contribution in [3.05, 3.63) is 37.2 Å². The smallest absolute Gasteiger partial charge is 0.485 e. The Hall–Kier alpha value is -1.97. The Bertz CT molecular complexity index is 978. The monoisotopic (exact) mass is 445 g/mol. The van der Waals surface area contributed by atoms with Gasteiger partial charge in [0.05, 0.1) is 13.1 Å². The van der Waals surface area contributed by atoms with E-state index in [-0.39, 0.29) is 6.04 Å². The largest absolute Gasteiger partial charge is 0.741 e. The summed E-state index contributed by atoms with van der Waals surface area (Å²) in [7, 11) is -7.72. The lowest BCUT2D eigenvalue weighted by Gasteiger charge is -2.29. The lowest BCUT2D eigenvalue weighted by atomic mass is 10.1. The predicted molar refractivity (Wildman–Crippen MR) is 87.7 cm³/mol. The molecule has 1 saturated heterocycles. The number of aromatic nitrogens is 4. The third kappa shape index (κ3) is 5.30. The Balaban J connectivity index is 0.000000300. The first-order valence-corrected chi connectivity index (χ1v) is 10.7. The van der Waals surface area contributed by atoms with E-state index < -0.39 is 25.8 Å². The molecule has 1 aliphatic heterocycles. The molecule has 28 heavy (non-hydrogen) atoms. The summed E-state index contributed by atoms with van der Waals surface area (Å²) >= 11 is 0. The van der Waals surface area contributed by atoms with Crippen molar-refractivity contribution in [3.63, 3.8) is 0 Å². The van der Waals surface area contributed by atoms with Crippen LogP contribution in [0.4, 0.5) is 13.2 Å². The van der Waals surface area contributed by atoms with Crippen LogP contribution in [0.2, 0.25) is 0 Å². The number of nitrogens with zero attached hydrogens (tertiary/aromatic N) is 5. The highest BCUT2D eigenvalue weighted by Crippen LogP contribution is 2.23. The Morgan fingerprint density at radius 1 is 1.14 bits per heavy atom. The lowest BCUT2D eigenvalue weighted by molar-refractivity contribution is -0.670. The van der Waals surface area contributed by atoms with Gasteiger partial charge < -0.3 is 4.55 Å². The number of piperidine rings is 1. The van der Waals surface area contributed by atoms with Gasteiger partial charge in [0.1, 0.15) is 12.4 Å². The van der Waals surface area contributed by atoms with Crippen LogP contribution in [0.25, 0.3) is 0 Å². The highest BCUT2D eigenvalue weighted by Gasteiger charge is 2.37. The lowest BCUT2D eigenvalue weighted by Crippen LogP contribution is -2.42. The normalized spacial score (nSPS) is 17.2. The molecule has 0 unspecified atom stereocenters. The Morgan fingerprint density at radius 2 is 1.71 bits per heavy atom. The van der Waals surface area contributed by atoms with Crippen molar-refractivity contribution in [1.29, 1.82) is 0 Å². The van der Waals surface area contributed by atoms with Gasteiger partial charge in [0, 0.05) is 25.5 Å². The summed E-state index contributed by atoms with van der Waals surface area (Å²) in [6.07, 6.45) is 10.1. The fourth-order valence-electron chi connectivity index (χ4n) is 2.53. The molecule has 158 valence electrons. The minimum absolute atomic E-state index is 0.289. The summed E-state index contributed by atoms with van der Waals surface area (Å²) in [5.74, 6) is 0. The quantitative estimate of drug-likeness (QED) is 0.372. The third-order valence-electron chi connectivity index (χ3n) is 3.94. The van der Waals surface area contributed by atoms with Gasteiger partial charge in [-0.1, -0.05) is 0 Å². The number of aryl methyl sites for hydroxylation is 1. The number of halogens is 3. The van der Waals surface area contributed by atoms with E-state index in [4.69, 9.17) is 13.0 Å². The average molecular weight is 445 g/mol. The van der Waals surface area contributed by atoms with E-state index in [0.29, 0.717) is 13.1 Å². The van der Waals surface area contributed by atoms with E-state index in [1.54, 1.807) is 36.5 Å². The van der Waals surface area contributed by atoms with Crippen molar-refractivity contribution in [2.24, 2.45) is 7.05 Å². The molecule has 0 bridgehead atoms. The SMILES string of the molecule is C[n+]1ccn(S(=O)(=O)N2CCC(n3cccn3)CC2)c1.O=S(=O)([O-])C(F)(F)F. The molecular weight excluding hydrogens is 427 g/mol. The highest BCUT2D eigenvalue weighted by molar-refractivity contribution is 7.87. The van der Waals surface area contributed by atoms with Crippen LogP contribution >= 0.6 is 0 Å². The van der Waals surface area contributed by atoms with Crippen LogP contribution in [0.3, 0.4) is 0 Å². The highest BCUT2D eigenvalue weighted by atomic mass is 32.2. The zero-order valence-corrected chi connectivity index (χ0v) is 16.2. The molecule has 2 aromatic rings. The maximum Gasteiger partial charge on any atom is 0.485 e. The molecule has 0 aliphatic carbocycles. The number of hydrogen-bond acceptors (Lipinski definition) is 6. The van der Waals surface area contributed by atoms with E-state index >= 15 is 0 Å². The molecular formula is C13H18F3N5O5S2. The van der Waals surface area contributed by atoms with E-state index in [2.05, 4.69) is 5.10 Å². The predicted octanol–water partition coefficient (Wildman–Crippen LogP) is -0.00950. The van der Waals surface area contributed by atoms with Crippen molar-refractivity contribution in [2.75, 3.05) is 13.1 Å². The van der Waals surface area contributed by atoms with Gasteiger partial charge in [-0.15, -0.1) is 3.97 Å². The van der Waals surface area contributed by atoms with Crippen molar-refractivity contribution < 1.29 is 39.1 Å². The Kier molecular flexibility index (Phi) is 6.52. The first-order valence-electron chi connectivity index (χ1n) is 7.87. The molecule has 0 spiro atoms. The molecule has 2 aromatic heterocycles.